The Morgan fingerprint density at radius 3 is 2.65 bits per heavy atom. The van der Waals surface area contributed by atoms with Crippen LogP contribution in [-0.2, 0) is 4.79 Å². The van der Waals surface area contributed by atoms with Gasteiger partial charge in [-0.2, -0.15) is 0 Å². The summed E-state index contributed by atoms with van der Waals surface area (Å²) < 4.78 is 0. The molecule has 0 aliphatic carbocycles. The van der Waals surface area contributed by atoms with Gasteiger partial charge in [-0.05, 0) is 64.0 Å². The summed E-state index contributed by atoms with van der Waals surface area (Å²) in [5, 5.41) is 3.46. The third-order valence-electron chi connectivity index (χ3n) is 5.01. The average molecular weight is 303 g/mol. The number of amides is 1. The van der Waals surface area contributed by atoms with E-state index in [2.05, 4.69) is 37.9 Å². The molecule has 2 heterocycles. The lowest BCUT2D eigenvalue weighted by Gasteiger charge is -2.34. The molecule has 20 heavy (non-hydrogen) atoms. The Bertz CT molecular complexity index is 326. The average Bonchev–Trinajstić information content (AvgIpc) is 2.63. The number of piperidine rings is 1. The van der Waals surface area contributed by atoms with Crippen molar-refractivity contribution in [2.24, 2.45) is 17.8 Å². The summed E-state index contributed by atoms with van der Waals surface area (Å²) in [6.45, 7) is 12.1. The number of nitrogens with zero attached hydrogens (tertiary/aromatic N) is 1. The van der Waals surface area contributed by atoms with Crippen LogP contribution < -0.4 is 5.32 Å². The maximum Gasteiger partial charge on any atom is 0.223 e. The van der Waals surface area contributed by atoms with Crippen LogP contribution in [0.5, 0.6) is 0 Å². The normalized spacial score (nSPS) is 30.7. The molecule has 0 radical (unpaired) electrons. The highest BCUT2D eigenvalue weighted by atomic mass is 35.5. The second-order valence-corrected chi connectivity index (χ2v) is 7.41. The lowest BCUT2D eigenvalue weighted by atomic mass is 9.85. The van der Waals surface area contributed by atoms with Crippen LogP contribution in [0.1, 0.15) is 53.4 Å². The summed E-state index contributed by atoms with van der Waals surface area (Å²) in [6.07, 6.45) is 4.40. The van der Waals surface area contributed by atoms with E-state index in [4.69, 9.17) is 0 Å². The first-order valence-electron chi connectivity index (χ1n) is 7.91. The highest BCUT2D eigenvalue weighted by molar-refractivity contribution is 5.85. The fraction of sp³-hybridized carbons (Fsp3) is 0.938. The zero-order chi connectivity index (χ0) is 14.0. The predicted octanol–water partition coefficient (Wildman–Crippen LogP) is 3.08. The molecule has 0 bridgehead atoms. The summed E-state index contributed by atoms with van der Waals surface area (Å²) in [6, 6.07) is 0. The van der Waals surface area contributed by atoms with Crippen molar-refractivity contribution < 1.29 is 4.79 Å². The Hall–Kier alpha value is -0.280. The molecule has 2 aliphatic rings. The predicted molar refractivity (Wildman–Crippen MR) is 86.2 cm³/mol. The molecule has 2 fully saturated rings. The van der Waals surface area contributed by atoms with Crippen molar-refractivity contribution in [3.63, 3.8) is 0 Å². The van der Waals surface area contributed by atoms with Gasteiger partial charge in [-0.25, -0.2) is 0 Å². The largest absolute Gasteiger partial charge is 0.337 e. The van der Waals surface area contributed by atoms with Crippen molar-refractivity contribution >= 4 is 18.3 Å². The third kappa shape index (κ3) is 4.11. The second-order valence-electron chi connectivity index (χ2n) is 7.41. The number of carbonyl (C=O) groups excluding carboxylic acids is 1. The van der Waals surface area contributed by atoms with Crippen LogP contribution in [0.2, 0.25) is 0 Å². The van der Waals surface area contributed by atoms with E-state index in [0.29, 0.717) is 23.7 Å². The molecule has 2 aliphatic heterocycles. The van der Waals surface area contributed by atoms with Crippen molar-refractivity contribution in [3.8, 4) is 0 Å². The molecular weight excluding hydrogens is 272 g/mol. The van der Waals surface area contributed by atoms with Crippen molar-refractivity contribution in [2.75, 3.05) is 19.6 Å². The van der Waals surface area contributed by atoms with Gasteiger partial charge in [0.1, 0.15) is 0 Å². The van der Waals surface area contributed by atoms with Gasteiger partial charge in [0.2, 0.25) is 5.91 Å². The molecule has 0 aromatic rings. The lowest BCUT2D eigenvalue weighted by molar-refractivity contribution is -0.135. The third-order valence-corrected chi connectivity index (χ3v) is 5.01. The zero-order valence-corrected chi connectivity index (χ0v) is 14.3. The van der Waals surface area contributed by atoms with E-state index in [1.165, 1.54) is 12.8 Å². The Morgan fingerprint density at radius 2 is 2.15 bits per heavy atom. The summed E-state index contributed by atoms with van der Waals surface area (Å²) in [5.74, 6) is 2.20. The minimum atomic E-state index is 0. The molecule has 3 atom stereocenters. The van der Waals surface area contributed by atoms with Crippen LogP contribution in [0, 0.1) is 17.8 Å². The first-order chi connectivity index (χ1) is 8.90. The van der Waals surface area contributed by atoms with Gasteiger partial charge < -0.3 is 10.2 Å². The fourth-order valence-corrected chi connectivity index (χ4v) is 3.94. The Kier molecular flexibility index (Phi) is 6.33. The molecule has 118 valence electrons. The summed E-state index contributed by atoms with van der Waals surface area (Å²) >= 11 is 0. The Balaban J connectivity index is 0.00000200. The number of halogens is 1. The number of hydrogen-bond donors (Lipinski definition) is 1. The van der Waals surface area contributed by atoms with Gasteiger partial charge in [0.15, 0.2) is 0 Å². The van der Waals surface area contributed by atoms with Crippen molar-refractivity contribution in [2.45, 2.75) is 58.9 Å². The van der Waals surface area contributed by atoms with Crippen LogP contribution in [0.15, 0.2) is 0 Å². The fourth-order valence-electron chi connectivity index (χ4n) is 3.94. The minimum absolute atomic E-state index is 0. The van der Waals surface area contributed by atoms with Gasteiger partial charge >= 0.3 is 0 Å². The monoisotopic (exact) mass is 302 g/mol. The van der Waals surface area contributed by atoms with Crippen molar-refractivity contribution in [3.05, 3.63) is 0 Å². The molecular formula is C16H31ClN2O. The molecule has 2 saturated heterocycles. The number of hydrogen-bond acceptors (Lipinski definition) is 2. The number of rotatable bonds is 3. The van der Waals surface area contributed by atoms with Gasteiger partial charge in [0, 0.05) is 18.5 Å². The molecule has 0 saturated carbocycles. The maximum atomic E-state index is 12.6. The smallest absolute Gasteiger partial charge is 0.223 e. The highest BCUT2D eigenvalue weighted by Gasteiger charge is 2.39. The van der Waals surface area contributed by atoms with Gasteiger partial charge in [0.25, 0.3) is 0 Å². The molecule has 3 unspecified atom stereocenters. The number of nitrogens with one attached hydrogen (secondary N) is 1. The van der Waals surface area contributed by atoms with Crippen LogP contribution in [0.3, 0.4) is 0 Å². The minimum Gasteiger partial charge on any atom is -0.337 e. The highest BCUT2D eigenvalue weighted by Crippen LogP contribution is 2.34. The van der Waals surface area contributed by atoms with E-state index in [1.54, 1.807) is 0 Å². The van der Waals surface area contributed by atoms with E-state index < -0.39 is 0 Å². The topological polar surface area (TPSA) is 32.3 Å². The van der Waals surface area contributed by atoms with Crippen LogP contribution >= 0.6 is 12.4 Å². The summed E-state index contributed by atoms with van der Waals surface area (Å²) in [5.41, 5.74) is 0.0566. The van der Waals surface area contributed by atoms with E-state index in [1.807, 2.05) is 0 Å². The molecule has 2 rings (SSSR count). The van der Waals surface area contributed by atoms with Gasteiger partial charge in [0.05, 0.1) is 0 Å². The number of likely N-dealkylation sites (tertiary alicyclic amines) is 1. The molecule has 0 aromatic heterocycles. The van der Waals surface area contributed by atoms with Crippen molar-refractivity contribution in [1.82, 2.24) is 10.2 Å². The van der Waals surface area contributed by atoms with E-state index >= 15 is 0 Å². The van der Waals surface area contributed by atoms with E-state index in [9.17, 15) is 4.79 Å². The van der Waals surface area contributed by atoms with E-state index in [0.717, 1.165) is 32.5 Å². The first-order valence-corrected chi connectivity index (χ1v) is 7.91. The van der Waals surface area contributed by atoms with Gasteiger partial charge in [-0.15, -0.1) is 12.4 Å². The van der Waals surface area contributed by atoms with E-state index in [-0.39, 0.29) is 17.9 Å². The summed E-state index contributed by atoms with van der Waals surface area (Å²) in [7, 11) is 0. The Morgan fingerprint density at radius 1 is 1.45 bits per heavy atom. The standard InChI is InChI=1S/C16H30N2O.ClH/c1-12-9-16(3,4)18(11-12)15(19)8-13(2)14-6-5-7-17-10-14;/h12-14,17H,5-11H2,1-4H3;1H. The summed E-state index contributed by atoms with van der Waals surface area (Å²) in [4.78, 5) is 14.7. The quantitative estimate of drug-likeness (QED) is 0.869. The van der Waals surface area contributed by atoms with Crippen molar-refractivity contribution in [1.29, 1.82) is 0 Å². The SMILES string of the molecule is CC1CN(C(=O)CC(C)C2CCCNC2)C(C)(C)C1.Cl. The molecule has 0 aromatic carbocycles. The second kappa shape index (κ2) is 7.13. The Labute approximate surface area is 130 Å². The van der Waals surface area contributed by atoms with Crippen LogP contribution in [0.4, 0.5) is 0 Å². The number of carbonyl (C=O) groups is 1. The van der Waals surface area contributed by atoms with Gasteiger partial charge in [-0.1, -0.05) is 13.8 Å². The maximum absolute atomic E-state index is 12.6. The molecule has 0 spiro atoms. The molecule has 1 amide bonds. The molecule has 4 heteroatoms. The van der Waals surface area contributed by atoms with Crippen LogP contribution in [0.25, 0.3) is 0 Å². The van der Waals surface area contributed by atoms with Gasteiger partial charge in [-0.3, -0.25) is 4.79 Å². The molecule has 1 N–H and O–H groups in total. The molecule has 3 nitrogen and oxygen atoms in total. The van der Waals surface area contributed by atoms with Crippen LogP contribution in [-0.4, -0.2) is 36.0 Å². The zero-order valence-electron chi connectivity index (χ0n) is 13.4. The lowest BCUT2D eigenvalue weighted by Crippen LogP contribution is -2.44. The first kappa shape index (κ1) is 17.8.